The first-order valence-corrected chi connectivity index (χ1v) is 26.9. The summed E-state index contributed by atoms with van der Waals surface area (Å²) in [4.78, 5) is 54.3. The lowest BCUT2D eigenvalue weighted by Crippen LogP contribution is -2.64. The van der Waals surface area contributed by atoms with E-state index in [1.807, 2.05) is 36.5 Å². The molecule has 0 bridgehead atoms. The zero-order valence-corrected chi connectivity index (χ0v) is 41.5. The van der Waals surface area contributed by atoms with Crippen molar-refractivity contribution in [1.82, 2.24) is 0 Å². The molecule has 1 aliphatic carbocycles. The molecular weight excluding hydrogens is 922 g/mol. The number of phosphoric ester groups is 2. The van der Waals surface area contributed by atoms with Crippen molar-refractivity contribution in [2.24, 2.45) is 0 Å². The largest absolute Gasteiger partial charge is 0.472 e. The Labute approximate surface area is 402 Å². The number of carbonyl (C=O) groups is 2. The Morgan fingerprint density at radius 2 is 1.03 bits per heavy atom. The molecule has 0 aromatic rings. The fourth-order valence-electron chi connectivity index (χ4n) is 6.74. The summed E-state index contributed by atoms with van der Waals surface area (Å²) in [6.45, 7) is 2.85. The lowest BCUT2D eigenvalue weighted by atomic mass is 9.85. The van der Waals surface area contributed by atoms with Gasteiger partial charge in [0.2, 0.25) is 0 Å². The molecule has 17 nitrogen and oxygen atoms in total. The first-order valence-electron chi connectivity index (χ1n) is 23.9. The van der Waals surface area contributed by atoms with Crippen molar-refractivity contribution in [2.75, 3.05) is 13.2 Å². The van der Waals surface area contributed by atoms with E-state index < -0.39 is 83.5 Å². The number of aliphatic hydroxyl groups is 4. The smallest absolute Gasteiger partial charge is 0.462 e. The number of carbonyl (C=O) groups excluding carboxylic acids is 2. The summed E-state index contributed by atoms with van der Waals surface area (Å²) in [5.41, 5.74) is 0. The number of phosphoric acid groups is 2. The van der Waals surface area contributed by atoms with Gasteiger partial charge in [-0.15, -0.1) is 0 Å². The topological polar surface area (TPSA) is 269 Å². The number of esters is 2. The SMILES string of the molecule is CC/C=C\CC1OC1C/C=C\C/C=C\C/C=C\C/C=C\CCC(=O)OC[C@H](COP(=O)(O)O[C@H]1C(O)C(O)C(O)[C@@H](OP(=O)(O)O)C1O)OC(=O)CCCC/C=C\C/C=C\C/C=C\CCCCC. The third-order valence-corrected chi connectivity index (χ3v) is 12.1. The third-order valence-electron chi connectivity index (χ3n) is 10.6. The fraction of sp³-hybridized carbons (Fsp3) is 0.633. The number of ether oxygens (including phenoxy) is 3. The third kappa shape index (κ3) is 29.2. The number of aliphatic hydroxyl groups excluding tert-OH is 4. The van der Waals surface area contributed by atoms with Gasteiger partial charge in [-0.3, -0.25) is 23.2 Å². The van der Waals surface area contributed by atoms with E-state index in [1.54, 1.807) is 0 Å². The van der Waals surface area contributed by atoms with Crippen LogP contribution in [0.3, 0.4) is 0 Å². The van der Waals surface area contributed by atoms with E-state index in [1.165, 1.54) is 19.3 Å². The van der Waals surface area contributed by atoms with Crippen LogP contribution in [0.15, 0.2) is 97.2 Å². The monoisotopic (exact) mass is 1000 g/mol. The summed E-state index contributed by atoms with van der Waals surface area (Å²) < 4.78 is 54.9. The van der Waals surface area contributed by atoms with Gasteiger partial charge in [0.25, 0.3) is 0 Å². The quantitative estimate of drug-likeness (QED) is 0.0102. The van der Waals surface area contributed by atoms with E-state index in [9.17, 15) is 53.8 Å². The molecule has 1 saturated heterocycles. The van der Waals surface area contributed by atoms with Crippen molar-refractivity contribution in [3.8, 4) is 0 Å². The van der Waals surface area contributed by atoms with E-state index in [4.69, 9.17) is 23.3 Å². The van der Waals surface area contributed by atoms with E-state index in [0.29, 0.717) is 44.3 Å². The molecule has 7 N–H and O–H groups in total. The van der Waals surface area contributed by atoms with E-state index in [0.717, 1.165) is 51.4 Å². The standard InChI is InChI=1S/C49H78O17P2/c1-3-5-7-8-9-10-11-12-13-14-19-22-25-28-32-36-43(51)63-39(38-62-68(59,60)66-49-46(54)44(52)45(53)48(47(49)55)65-67(56,57)58)37-61-42(50)35-31-27-24-21-18-16-15-17-20-23-26-30-34-41-40(64-41)33-29-6-4-2/h6,9-10,12-13,16-20,22,24,26-27,29-30,39-41,44-49,52-55H,3-5,7-8,11,14-15,21,23,25,28,31-38H2,1-2H3,(H,59,60)(H2,56,57,58)/b10-9-,13-12-,18-16-,20-17-,22-19-,27-24-,29-6-,30-26-/t39-,40?,41?,44?,45?,46?,47?,48-,49+/m1/s1. The van der Waals surface area contributed by atoms with Crippen molar-refractivity contribution in [2.45, 2.75) is 184 Å². The normalized spacial score (nSPS) is 25.1. The highest BCUT2D eigenvalue weighted by Gasteiger charge is 2.54. The Morgan fingerprint density at radius 3 is 1.56 bits per heavy atom. The minimum atomic E-state index is -5.38. The Bertz CT molecular complexity index is 1750. The van der Waals surface area contributed by atoms with Gasteiger partial charge in [0.1, 0.15) is 43.2 Å². The van der Waals surface area contributed by atoms with Crippen LogP contribution in [-0.4, -0.2) is 115 Å². The van der Waals surface area contributed by atoms with Crippen molar-refractivity contribution < 1.29 is 81.6 Å². The summed E-state index contributed by atoms with van der Waals surface area (Å²) in [5.74, 6) is -1.36. The lowest BCUT2D eigenvalue weighted by Gasteiger charge is -2.43. The van der Waals surface area contributed by atoms with Crippen molar-refractivity contribution in [3.63, 3.8) is 0 Å². The maximum atomic E-state index is 13.0. The number of unbranched alkanes of at least 4 members (excludes halogenated alkanes) is 5. The average molecular weight is 1000 g/mol. The Morgan fingerprint density at radius 1 is 0.544 bits per heavy atom. The number of allylic oxidation sites excluding steroid dienone is 14. The number of epoxide rings is 1. The number of hydrogen-bond donors (Lipinski definition) is 7. The molecule has 1 aliphatic heterocycles. The summed E-state index contributed by atoms with van der Waals surface area (Å²) in [6, 6.07) is 0. The van der Waals surface area contributed by atoms with Crippen molar-refractivity contribution in [3.05, 3.63) is 97.2 Å². The zero-order chi connectivity index (χ0) is 50.0. The first kappa shape index (κ1) is 61.0. The van der Waals surface area contributed by atoms with Crippen LogP contribution in [-0.2, 0) is 46.5 Å². The summed E-state index contributed by atoms with van der Waals surface area (Å²) in [7, 11) is -10.7. The molecule has 0 spiro atoms. The molecule has 7 unspecified atom stereocenters. The Kier molecular flexibility index (Phi) is 32.2. The van der Waals surface area contributed by atoms with Gasteiger partial charge in [0.15, 0.2) is 6.10 Å². The van der Waals surface area contributed by atoms with Crippen molar-refractivity contribution >= 4 is 27.6 Å². The van der Waals surface area contributed by atoms with Crippen LogP contribution in [0.25, 0.3) is 0 Å². The van der Waals surface area contributed by atoms with E-state index >= 15 is 0 Å². The summed E-state index contributed by atoms with van der Waals surface area (Å²) >= 11 is 0. The highest BCUT2D eigenvalue weighted by atomic mass is 31.2. The van der Waals surface area contributed by atoms with Gasteiger partial charge in [-0.2, -0.15) is 0 Å². The van der Waals surface area contributed by atoms with Crippen LogP contribution in [0.4, 0.5) is 0 Å². The maximum absolute atomic E-state index is 13.0. The molecule has 19 heteroatoms. The minimum absolute atomic E-state index is 0.0218. The van der Waals surface area contributed by atoms with Crippen LogP contribution in [0.1, 0.15) is 129 Å². The molecule has 2 aliphatic rings. The molecule has 0 amide bonds. The molecule has 1 saturated carbocycles. The molecular formula is C49H78O17P2. The second-order valence-electron chi connectivity index (χ2n) is 16.5. The second-order valence-corrected chi connectivity index (χ2v) is 19.1. The number of hydrogen-bond acceptors (Lipinski definition) is 14. The van der Waals surface area contributed by atoms with Crippen molar-refractivity contribution in [1.29, 1.82) is 0 Å². The molecule has 10 atom stereocenters. The summed E-state index contributed by atoms with van der Waals surface area (Å²) in [5, 5.41) is 41.2. The minimum Gasteiger partial charge on any atom is -0.462 e. The Balaban J connectivity index is 1.83. The molecule has 0 aromatic heterocycles. The Hall–Kier alpha value is -3.12. The van der Waals surface area contributed by atoms with Gasteiger partial charge in [-0.25, -0.2) is 9.13 Å². The second kappa shape index (κ2) is 35.9. The summed E-state index contributed by atoms with van der Waals surface area (Å²) in [6.07, 6.45) is 32.8. The number of rotatable bonds is 37. The fourth-order valence-corrected chi connectivity index (χ4v) is 8.28. The van der Waals surface area contributed by atoms with E-state index in [-0.39, 0.29) is 12.8 Å². The van der Waals surface area contributed by atoms with Crippen LogP contribution in [0.5, 0.6) is 0 Å². The molecule has 0 radical (unpaired) electrons. The molecule has 1 heterocycles. The van der Waals surface area contributed by atoms with Gasteiger partial charge in [0.05, 0.1) is 18.8 Å². The predicted molar refractivity (Wildman–Crippen MR) is 259 cm³/mol. The van der Waals surface area contributed by atoms with Gasteiger partial charge in [-0.05, 0) is 89.9 Å². The molecule has 68 heavy (non-hydrogen) atoms. The van der Waals surface area contributed by atoms with Crippen LogP contribution >= 0.6 is 15.6 Å². The van der Waals surface area contributed by atoms with Crippen LogP contribution in [0.2, 0.25) is 0 Å². The van der Waals surface area contributed by atoms with Crippen LogP contribution < -0.4 is 0 Å². The van der Waals surface area contributed by atoms with Gasteiger partial charge >= 0.3 is 27.6 Å². The lowest BCUT2D eigenvalue weighted by molar-refractivity contribution is -0.216. The molecule has 2 rings (SSSR count). The average Bonchev–Trinajstić information content (AvgIpc) is 4.05. The van der Waals surface area contributed by atoms with E-state index in [2.05, 4.69) is 79.1 Å². The molecule has 2 fully saturated rings. The highest BCUT2D eigenvalue weighted by Crippen LogP contribution is 2.49. The first-order chi connectivity index (χ1) is 32.6. The van der Waals surface area contributed by atoms with Gasteiger partial charge < -0.3 is 49.3 Å². The van der Waals surface area contributed by atoms with Gasteiger partial charge in [-0.1, -0.05) is 124 Å². The predicted octanol–water partition coefficient (Wildman–Crippen LogP) is 8.16. The maximum Gasteiger partial charge on any atom is 0.472 e. The molecule has 0 aromatic carbocycles. The zero-order valence-electron chi connectivity index (χ0n) is 39.7. The highest BCUT2D eigenvalue weighted by molar-refractivity contribution is 7.47. The van der Waals surface area contributed by atoms with Gasteiger partial charge in [0, 0.05) is 12.8 Å². The molecule has 386 valence electrons. The van der Waals surface area contributed by atoms with Crippen LogP contribution in [0, 0.1) is 0 Å².